The van der Waals surface area contributed by atoms with Gasteiger partial charge in [-0.25, -0.2) is 0 Å². The molecular formula is C58H40. The highest BCUT2D eigenvalue weighted by atomic mass is 14.4. The molecular weight excluding hydrogens is 697 g/mol. The van der Waals surface area contributed by atoms with Crippen LogP contribution in [0.4, 0.5) is 0 Å². The summed E-state index contributed by atoms with van der Waals surface area (Å²) in [6.45, 7) is 9.76. The third-order valence-corrected chi connectivity index (χ3v) is 14.4. The van der Waals surface area contributed by atoms with E-state index in [1.54, 1.807) is 0 Å². The Bertz CT molecular complexity index is 3670. The second-order valence-corrected chi connectivity index (χ2v) is 17.9. The molecule has 0 saturated carbocycles. The normalized spacial score (nSPS) is 14.8. The van der Waals surface area contributed by atoms with Gasteiger partial charge in [0.15, 0.2) is 0 Å². The van der Waals surface area contributed by atoms with Crippen LogP contribution in [0.15, 0.2) is 170 Å². The van der Waals surface area contributed by atoms with Crippen molar-refractivity contribution in [3.8, 4) is 33.4 Å². The molecule has 0 aliphatic heterocycles. The molecule has 11 aromatic carbocycles. The first kappa shape index (κ1) is 32.3. The predicted molar refractivity (Wildman–Crippen MR) is 250 cm³/mol. The molecule has 0 N–H and O–H groups in total. The maximum atomic E-state index is 2.52. The molecule has 0 radical (unpaired) electrons. The van der Waals surface area contributed by atoms with Crippen LogP contribution in [0.5, 0.6) is 0 Å². The van der Waals surface area contributed by atoms with E-state index in [2.05, 4.69) is 198 Å². The average molecular weight is 737 g/mol. The van der Waals surface area contributed by atoms with E-state index < -0.39 is 0 Å². The Morgan fingerprint density at radius 1 is 0.276 bits per heavy atom. The largest absolute Gasteiger partial charge is 0.0616 e. The minimum absolute atomic E-state index is 0.143. The van der Waals surface area contributed by atoms with Gasteiger partial charge in [-0.15, -0.1) is 0 Å². The van der Waals surface area contributed by atoms with Gasteiger partial charge >= 0.3 is 0 Å². The Morgan fingerprint density at radius 2 is 0.655 bits per heavy atom. The fraction of sp³-hybridized carbons (Fsp3) is 0.103. The third-order valence-electron chi connectivity index (χ3n) is 14.4. The van der Waals surface area contributed by atoms with E-state index in [1.165, 1.54) is 131 Å². The van der Waals surface area contributed by atoms with Crippen LogP contribution in [-0.2, 0) is 10.8 Å². The number of benzene rings is 11. The molecule has 2 aliphatic rings. The van der Waals surface area contributed by atoms with E-state index in [1.807, 2.05) is 0 Å². The Hall–Kier alpha value is -6.76. The van der Waals surface area contributed by atoms with Crippen LogP contribution in [0.2, 0.25) is 0 Å². The van der Waals surface area contributed by atoms with E-state index in [9.17, 15) is 0 Å². The third kappa shape index (κ3) is 3.95. The van der Waals surface area contributed by atoms with Crippen molar-refractivity contribution in [2.75, 3.05) is 0 Å². The predicted octanol–water partition coefficient (Wildman–Crippen LogP) is 16.0. The van der Waals surface area contributed by atoms with Crippen molar-refractivity contribution in [2.45, 2.75) is 38.5 Å². The molecule has 58 heavy (non-hydrogen) atoms. The number of rotatable bonds is 1. The zero-order valence-corrected chi connectivity index (χ0v) is 33.2. The molecule has 0 bridgehead atoms. The molecule has 0 fully saturated rings. The molecule has 0 atom stereocenters. The van der Waals surface area contributed by atoms with Gasteiger partial charge in [0, 0.05) is 10.8 Å². The highest BCUT2D eigenvalue weighted by Gasteiger charge is 2.40. The Balaban J connectivity index is 1.02. The van der Waals surface area contributed by atoms with Gasteiger partial charge in [-0.05, 0) is 155 Å². The lowest BCUT2D eigenvalue weighted by Crippen LogP contribution is -2.16. The fourth-order valence-electron chi connectivity index (χ4n) is 11.7. The molecule has 272 valence electrons. The van der Waals surface area contributed by atoms with E-state index in [-0.39, 0.29) is 10.8 Å². The zero-order chi connectivity index (χ0) is 38.7. The highest BCUT2D eigenvalue weighted by Crippen LogP contribution is 2.58. The van der Waals surface area contributed by atoms with Crippen LogP contribution < -0.4 is 0 Å². The lowest BCUT2D eigenvalue weighted by atomic mass is 9.76. The first-order chi connectivity index (χ1) is 28.3. The SMILES string of the molecule is CC1(C)c2cc(-c3ccc4c(c3)C(C)(C)c3c-4c4ccccc4c4c5ccccc5c5ccccc5c34)ccc2-c2cc3c4ccccc4c4ccccc4c3cc21. The van der Waals surface area contributed by atoms with Gasteiger partial charge in [0.1, 0.15) is 0 Å². The number of hydrogen-bond donors (Lipinski definition) is 0. The van der Waals surface area contributed by atoms with Crippen LogP contribution >= 0.6 is 0 Å². The lowest BCUT2D eigenvalue weighted by molar-refractivity contribution is 0.661. The van der Waals surface area contributed by atoms with Gasteiger partial charge in [-0.2, -0.15) is 0 Å². The first-order valence-corrected chi connectivity index (χ1v) is 20.8. The van der Waals surface area contributed by atoms with Gasteiger partial charge in [-0.3, -0.25) is 0 Å². The number of hydrogen-bond acceptors (Lipinski definition) is 0. The van der Waals surface area contributed by atoms with Gasteiger partial charge < -0.3 is 0 Å². The molecule has 0 heterocycles. The summed E-state index contributed by atoms with van der Waals surface area (Å²) in [4.78, 5) is 0. The summed E-state index contributed by atoms with van der Waals surface area (Å²) in [6, 6.07) is 64.6. The Kier molecular flexibility index (Phi) is 6.13. The maximum absolute atomic E-state index is 2.52. The second-order valence-electron chi connectivity index (χ2n) is 17.9. The molecule has 0 spiro atoms. The summed E-state index contributed by atoms with van der Waals surface area (Å²) in [7, 11) is 0. The molecule has 0 nitrogen and oxygen atoms in total. The summed E-state index contributed by atoms with van der Waals surface area (Å²) in [5.74, 6) is 0. The Labute approximate surface area is 338 Å². The zero-order valence-electron chi connectivity index (χ0n) is 33.2. The van der Waals surface area contributed by atoms with Crippen molar-refractivity contribution >= 4 is 75.4 Å². The first-order valence-electron chi connectivity index (χ1n) is 20.8. The van der Waals surface area contributed by atoms with E-state index in [0.717, 1.165) is 0 Å². The van der Waals surface area contributed by atoms with Crippen molar-refractivity contribution in [3.05, 3.63) is 192 Å². The second kappa shape index (κ2) is 11.0. The smallest absolute Gasteiger partial charge is 0.0165 e. The van der Waals surface area contributed by atoms with E-state index in [0.29, 0.717) is 0 Å². The molecule has 0 aromatic heterocycles. The fourth-order valence-corrected chi connectivity index (χ4v) is 11.7. The highest BCUT2D eigenvalue weighted by molar-refractivity contribution is 6.35. The van der Waals surface area contributed by atoms with Crippen LogP contribution in [0, 0.1) is 0 Å². The van der Waals surface area contributed by atoms with Crippen molar-refractivity contribution in [2.24, 2.45) is 0 Å². The van der Waals surface area contributed by atoms with Crippen LogP contribution in [-0.4, -0.2) is 0 Å². The lowest BCUT2D eigenvalue weighted by Gasteiger charge is -2.26. The molecule has 0 unspecified atom stereocenters. The summed E-state index contributed by atoms with van der Waals surface area (Å²) in [5, 5.41) is 18.7. The van der Waals surface area contributed by atoms with Gasteiger partial charge in [0.25, 0.3) is 0 Å². The van der Waals surface area contributed by atoms with Crippen LogP contribution in [0.25, 0.3) is 109 Å². The number of fused-ring (bicyclic) bond motifs is 22. The van der Waals surface area contributed by atoms with Crippen molar-refractivity contribution < 1.29 is 0 Å². The van der Waals surface area contributed by atoms with Gasteiger partial charge in [0.05, 0.1) is 0 Å². The molecule has 0 saturated heterocycles. The molecule has 2 aliphatic carbocycles. The van der Waals surface area contributed by atoms with Crippen LogP contribution in [0.3, 0.4) is 0 Å². The van der Waals surface area contributed by atoms with Gasteiger partial charge in [-0.1, -0.05) is 173 Å². The Morgan fingerprint density at radius 3 is 1.21 bits per heavy atom. The molecule has 13 rings (SSSR count). The topological polar surface area (TPSA) is 0 Å². The van der Waals surface area contributed by atoms with Crippen LogP contribution in [0.1, 0.15) is 49.9 Å². The monoisotopic (exact) mass is 736 g/mol. The maximum Gasteiger partial charge on any atom is 0.0165 e. The summed E-state index contributed by atoms with van der Waals surface area (Å²) >= 11 is 0. The quantitative estimate of drug-likeness (QED) is 0.147. The van der Waals surface area contributed by atoms with Crippen molar-refractivity contribution in [1.82, 2.24) is 0 Å². The van der Waals surface area contributed by atoms with Crippen molar-refractivity contribution in [3.63, 3.8) is 0 Å². The summed E-state index contributed by atoms with van der Waals surface area (Å²) < 4.78 is 0. The summed E-state index contributed by atoms with van der Waals surface area (Å²) in [5.41, 5.74) is 13.3. The van der Waals surface area contributed by atoms with E-state index in [4.69, 9.17) is 0 Å². The minimum atomic E-state index is -0.216. The standard InChI is InChI=1S/C58H40/c1-57(2)50-29-33(25-27-41(50)49-31-47-39-19-7-5-15-35(39)36-16-6-8-20-40(36)48(47)32-52(49)57)34-26-28-46-51(30-34)58(3,4)56-54(46)45-24-14-13-23-44(45)53-42-21-11-9-17-37(42)38-18-10-12-22-43(38)55(53)56/h5-32H,1-4H3. The average Bonchev–Trinajstić information content (AvgIpc) is 3.64. The molecule has 0 amide bonds. The minimum Gasteiger partial charge on any atom is -0.0616 e. The molecule has 0 heteroatoms. The van der Waals surface area contributed by atoms with E-state index >= 15 is 0 Å². The molecule has 11 aromatic rings. The summed E-state index contributed by atoms with van der Waals surface area (Å²) in [6.07, 6.45) is 0. The van der Waals surface area contributed by atoms with Gasteiger partial charge in [0.2, 0.25) is 0 Å². The van der Waals surface area contributed by atoms with Crippen molar-refractivity contribution in [1.29, 1.82) is 0 Å².